The van der Waals surface area contributed by atoms with Crippen LogP contribution in [0.4, 0.5) is 11.4 Å². The van der Waals surface area contributed by atoms with Crippen LogP contribution in [0.3, 0.4) is 0 Å². The van der Waals surface area contributed by atoms with Gasteiger partial charge in [0, 0.05) is 32.2 Å². The monoisotopic (exact) mass is 231 g/mol. The molecule has 2 heterocycles. The van der Waals surface area contributed by atoms with Crippen LogP contribution in [0.15, 0.2) is 18.2 Å². The van der Waals surface area contributed by atoms with Crippen LogP contribution >= 0.6 is 0 Å². The van der Waals surface area contributed by atoms with E-state index >= 15 is 0 Å². The van der Waals surface area contributed by atoms with Gasteiger partial charge < -0.3 is 15.5 Å². The first-order valence-electron chi connectivity index (χ1n) is 6.75. The van der Waals surface area contributed by atoms with Crippen LogP contribution in [0.2, 0.25) is 0 Å². The highest BCUT2D eigenvalue weighted by molar-refractivity contribution is 5.76. The van der Waals surface area contributed by atoms with Gasteiger partial charge in [-0.3, -0.25) is 0 Å². The molecule has 0 aromatic heterocycles. The second kappa shape index (κ2) is 4.57. The summed E-state index contributed by atoms with van der Waals surface area (Å²) in [5.74, 6) is 0. The highest BCUT2D eigenvalue weighted by Crippen LogP contribution is 2.38. The fraction of sp³-hybridized carbons (Fsp3) is 0.571. The van der Waals surface area contributed by atoms with Gasteiger partial charge in [-0.1, -0.05) is 25.5 Å². The molecule has 2 aliphatic heterocycles. The van der Waals surface area contributed by atoms with Crippen LogP contribution in [-0.4, -0.2) is 26.2 Å². The van der Waals surface area contributed by atoms with Gasteiger partial charge in [-0.15, -0.1) is 0 Å². The van der Waals surface area contributed by atoms with Crippen molar-refractivity contribution in [1.29, 1.82) is 0 Å². The van der Waals surface area contributed by atoms with Crippen molar-refractivity contribution in [2.75, 3.05) is 36.4 Å². The van der Waals surface area contributed by atoms with Gasteiger partial charge in [-0.05, 0) is 18.1 Å². The molecular weight excluding hydrogens is 210 g/mol. The van der Waals surface area contributed by atoms with E-state index in [0.717, 1.165) is 26.2 Å². The van der Waals surface area contributed by atoms with E-state index in [4.69, 9.17) is 0 Å². The number of hydrogen-bond donors (Lipinski definition) is 2. The molecule has 0 spiro atoms. The van der Waals surface area contributed by atoms with Crippen LogP contribution in [0, 0.1) is 0 Å². The lowest BCUT2D eigenvalue weighted by molar-refractivity contribution is 0.510. The summed E-state index contributed by atoms with van der Waals surface area (Å²) in [4.78, 5) is 2.53. The Morgan fingerprint density at radius 1 is 1.29 bits per heavy atom. The van der Waals surface area contributed by atoms with Gasteiger partial charge in [0.25, 0.3) is 0 Å². The van der Waals surface area contributed by atoms with E-state index in [1.54, 1.807) is 0 Å². The molecule has 0 bridgehead atoms. The number of para-hydroxylation sites is 1. The van der Waals surface area contributed by atoms with Gasteiger partial charge in [0.2, 0.25) is 0 Å². The van der Waals surface area contributed by atoms with Crippen molar-refractivity contribution in [3.63, 3.8) is 0 Å². The third-order valence-corrected chi connectivity index (χ3v) is 3.81. The van der Waals surface area contributed by atoms with Gasteiger partial charge in [0.1, 0.15) is 0 Å². The topological polar surface area (TPSA) is 27.3 Å². The summed E-state index contributed by atoms with van der Waals surface area (Å²) in [6.07, 6.45) is 2.46. The van der Waals surface area contributed by atoms with E-state index in [2.05, 4.69) is 40.7 Å². The first kappa shape index (κ1) is 10.9. The van der Waals surface area contributed by atoms with Crippen LogP contribution in [-0.2, 0) is 0 Å². The molecule has 3 rings (SSSR count). The minimum Gasteiger partial charge on any atom is -0.382 e. The molecule has 1 aromatic rings. The third-order valence-electron chi connectivity index (χ3n) is 3.81. The van der Waals surface area contributed by atoms with Crippen LogP contribution < -0.4 is 15.5 Å². The molecule has 3 nitrogen and oxygen atoms in total. The zero-order valence-corrected chi connectivity index (χ0v) is 10.5. The fourth-order valence-corrected chi connectivity index (χ4v) is 3.03. The van der Waals surface area contributed by atoms with E-state index < -0.39 is 0 Å². The number of nitrogens with one attached hydrogen (secondary N) is 2. The molecule has 0 saturated heterocycles. The molecule has 17 heavy (non-hydrogen) atoms. The van der Waals surface area contributed by atoms with Crippen molar-refractivity contribution in [2.24, 2.45) is 0 Å². The Morgan fingerprint density at radius 3 is 3.06 bits per heavy atom. The summed E-state index contributed by atoms with van der Waals surface area (Å²) in [5, 5.41) is 7.21. The summed E-state index contributed by atoms with van der Waals surface area (Å²) < 4.78 is 0. The molecule has 2 N–H and O–H groups in total. The summed E-state index contributed by atoms with van der Waals surface area (Å²) in [6.45, 7) is 6.68. The number of hydrogen-bond acceptors (Lipinski definition) is 3. The van der Waals surface area contributed by atoms with Gasteiger partial charge >= 0.3 is 0 Å². The smallest absolute Gasteiger partial charge is 0.0651 e. The second-order valence-electron chi connectivity index (χ2n) is 4.95. The summed E-state index contributed by atoms with van der Waals surface area (Å²) in [6, 6.07) is 7.21. The van der Waals surface area contributed by atoms with Crippen molar-refractivity contribution in [3.05, 3.63) is 23.8 Å². The molecule has 0 fully saturated rings. The van der Waals surface area contributed by atoms with Crippen LogP contribution in [0.25, 0.3) is 0 Å². The molecule has 1 atom stereocenters. The Balaban J connectivity index is 2.05. The van der Waals surface area contributed by atoms with E-state index in [1.807, 2.05) is 0 Å². The highest BCUT2D eigenvalue weighted by Gasteiger charge is 2.26. The highest BCUT2D eigenvalue weighted by atomic mass is 15.2. The van der Waals surface area contributed by atoms with Gasteiger partial charge in [-0.25, -0.2) is 0 Å². The van der Waals surface area contributed by atoms with Crippen molar-refractivity contribution < 1.29 is 0 Å². The molecule has 0 unspecified atom stereocenters. The Hall–Kier alpha value is -1.22. The molecule has 0 aliphatic carbocycles. The Morgan fingerprint density at radius 2 is 2.18 bits per heavy atom. The molecule has 0 amide bonds. The maximum absolute atomic E-state index is 3.69. The van der Waals surface area contributed by atoms with Gasteiger partial charge in [0.05, 0.1) is 11.4 Å². The molecular formula is C14H21N3. The largest absolute Gasteiger partial charge is 0.382 e. The first-order valence-corrected chi connectivity index (χ1v) is 6.75. The Labute approximate surface area is 103 Å². The summed E-state index contributed by atoms with van der Waals surface area (Å²) in [5.41, 5.74) is 4.25. The lowest BCUT2D eigenvalue weighted by Crippen LogP contribution is -2.36. The maximum Gasteiger partial charge on any atom is 0.0651 e. The zero-order valence-electron chi connectivity index (χ0n) is 10.5. The molecule has 3 heteroatoms. The van der Waals surface area contributed by atoms with E-state index in [0.29, 0.717) is 6.04 Å². The van der Waals surface area contributed by atoms with Crippen molar-refractivity contribution >= 4 is 11.4 Å². The Bertz CT molecular complexity index is 402. The second-order valence-corrected chi connectivity index (χ2v) is 4.95. The Kier molecular flexibility index (Phi) is 2.93. The van der Waals surface area contributed by atoms with Crippen LogP contribution in [0.1, 0.15) is 31.4 Å². The molecule has 2 aliphatic rings. The first-order chi connectivity index (χ1) is 8.40. The quantitative estimate of drug-likeness (QED) is 0.818. The summed E-state index contributed by atoms with van der Waals surface area (Å²) >= 11 is 0. The van der Waals surface area contributed by atoms with Crippen LogP contribution in [0.5, 0.6) is 0 Å². The lowest BCUT2D eigenvalue weighted by Gasteiger charge is -2.32. The average molecular weight is 231 g/mol. The van der Waals surface area contributed by atoms with E-state index in [-0.39, 0.29) is 0 Å². The normalized spacial score (nSPS) is 22.6. The average Bonchev–Trinajstić information content (AvgIpc) is 2.53. The van der Waals surface area contributed by atoms with Crippen molar-refractivity contribution in [2.45, 2.75) is 25.8 Å². The standard InChI is InChI=1S/C14H21N3/c1-2-4-12-11-5-3-6-13-14(11)17(9-7-15-12)10-8-16-13/h3,5-6,12,15-16H,2,4,7-10H2,1H3/t12-/m0/s1. The fourth-order valence-electron chi connectivity index (χ4n) is 3.03. The summed E-state index contributed by atoms with van der Waals surface area (Å²) in [7, 11) is 0. The number of rotatable bonds is 2. The minimum absolute atomic E-state index is 0.528. The molecule has 1 aromatic carbocycles. The van der Waals surface area contributed by atoms with Crippen molar-refractivity contribution in [1.82, 2.24) is 5.32 Å². The number of benzene rings is 1. The molecule has 0 radical (unpaired) electrons. The number of nitrogens with zero attached hydrogens (tertiary/aromatic N) is 1. The molecule has 92 valence electrons. The number of anilines is 2. The van der Waals surface area contributed by atoms with Gasteiger partial charge in [0.15, 0.2) is 0 Å². The predicted octanol–water partition coefficient (Wildman–Crippen LogP) is 2.36. The van der Waals surface area contributed by atoms with E-state index in [1.165, 1.54) is 29.8 Å². The lowest BCUT2D eigenvalue weighted by atomic mass is 9.98. The maximum atomic E-state index is 3.69. The predicted molar refractivity (Wildman–Crippen MR) is 72.8 cm³/mol. The van der Waals surface area contributed by atoms with Crippen molar-refractivity contribution in [3.8, 4) is 0 Å². The SMILES string of the molecule is CCC[C@@H]1NCCN2CCNc3cccc1c32. The molecule has 0 saturated carbocycles. The third kappa shape index (κ3) is 1.89. The van der Waals surface area contributed by atoms with Gasteiger partial charge in [-0.2, -0.15) is 0 Å². The van der Waals surface area contributed by atoms with E-state index in [9.17, 15) is 0 Å². The minimum atomic E-state index is 0.528. The zero-order chi connectivity index (χ0) is 11.7.